The summed E-state index contributed by atoms with van der Waals surface area (Å²) in [6.07, 6.45) is 3.10. The zero-order valence-corrected chi connectivity index (χ0v) is 12.4. The number of nitro benzene ring substituents is 1. The molecule has 0 radical (unpaired) electrons. The van der Waals surface area contributed by atoms with Crippen molar-refractivity contribution in [1.82, 2.24) is 9.97 Å². The third kappa shape index (κ3) is 4.16. The number of rotatable bonds is 7. The summed E-state index contributed by atoms with van der Waals surface area (Å²) < 4.78 is 0. The molecule has 2 rings (SSSR count). The number of ketones is 1. The fourth-order valence-corrected chi connectivity index (χ4v) is 2.54. The van der Waals surface area contributed by atoms with Gasteiger partial charge in [0.2, 0.25) is 0 Å². The lowest BCUT2D eigenvalue weighted by Gasteiger charge is -1.98. The van der Waals surface area contributed by atoms with Gasteiger partial charge in [-0.2, -0.15) is 0 Å². The van der Waals surface area contributed by atoms with E-state index in [4.69, 9.17) is 0 Å². The first-order valence-corrected chi connectivity index (χ1v) is 7.53. The molecule has 0 amide bonds. The second-order valence-corrected chi connectivity index (χ2v) is 5.45. The summed E-state index contributed by atoms with van der Waals surface area (Å²) in [5.74, 6) is 0.608. The van der Waals surface area contributed by atoms with Crippen molar-refractivity contribution in [3.8, 4) is 11.3 Å². The Bertz CT molecular complexity index is 637. The van der Waals surface area contributed by atoms with Crippen molar-refractivity contribution in [2.75, 3.05) is 5.75 Å². The smallest absolute Gasteiger partial charge is 0.269 e. The van der Waals surface area contributed by atoms with Crippen LogP contribution in [0.25, 0.3) is 11.3 Å². The minimum Gasteiger partial charge on any atom is -0.333 e. The van der Waals surface area contributed by atoms with E-state index >= 15 is 0 Å². The van der Waals surface area contributed by atoms with Crippen LogP contribution in [0.5, 0.6) is 0 Å². The maximum Gasteiger partial charge on any atom is 0.269 e. The Balaban J connectivity index is 2.02. The van der Waals surface area contributed by atoms with Crippen LogP contribution >= 0.6 is 11.8 Å². The molecule has 7 heteroatoms. The van der Waals surface area contributed by atoms with Crippen molar-refractivity contribution in [3.05, 3.63) is 40.6 Å². The lowest BCUT2D eigenvalue weighted by Crippen LogP contribution is -2.00. The Kier molecular flexibility index (Phi) is 5.10. The number of aromatic amines is 1. The molecule has 0 saturated carbocycles. The number of imidazole rings is 1. The van der Waals surface area contributed by atoms with Crippen LogP contribution in [0.15, 0.2) is 35.6 Å². The predicted molar refractivity (Wildman–Crippen MR) is 81.3 cm³/mol. The monoisotopic (exact) mass is 305 g/mol. The van der Waals surface area contributed by atoms with E-state index in [0.29, 0.717) is 17.3 Å². The molecule has 0 spiro atoms. The first kappa shape index (κ1) is 15.2. The van der Waals surface area contributed by atoms with Crippen LogP contribution in [0.4, 0.5) is 5.69 Å². The number of non-ortho nitro benzene ring substituents is 1. The highest BCUT2D eigenvalue weighted by molar-refractivity contribution is 7.99. The third-order valence-electron chi connectivity index (χ3n) is 2.84. The molecule has 1 aromatic heterocycles. The summed E-state index contributed by atoms with van der Waals surface area (Å²) in [4.78, 5) is 28.9. The Morgan fingerprint density at radius 3 is 2.71 bits per heavy atom. The molecule has 0 bridgehead atoms. The molecule has 2 aromatic rings. The number of aromatic nitrogens is 2. The molecule has 110 valence electrons. The van der Waals surface area contributed by atoms with Crippen LogP contribution in [-0.4, -0.2) is 26.4 Å². The summed E-state index contributed by atoms with van der Waals surface area (Å²) in [7, 11) is 0. The highest BCUT2D eigenvalue weighted by Gasteiger charge is 2.09. The Morgan fingerprint density at radius 2 is 2.10 bits per heavy atom. The van der Waals surface area contributed by atoms with Gasteiger partial charge in [-0.25, -0.2) is 4.98 Å². The van der Waals surface area contributed by atoms with E-state index in [0.717, 1.165) is 17.7 Å². The lowest BCUT2D eigenvalue weighted by atomic mass is 10.1. The summed E-state index contributed by atoms with van der Waals surface area (Å²) >= 11 is 1.37. The van der Waals surface area contributed by atoms with E-state index in [1.54, 1.807) is 18.3 Å². The standard InChI is InChI=1S/C14H15N3O3S/c1-2-3-12(18)9-21-14-15-8-13(16-14)10-4-6-11(7-5-10)17(19)20/h4-8H,2-3,9H2,1H3,(H,15,16). The minimum atomic E-state index is -0.433. The number of carbonyl (C=O) groups excluding carboxylic acids is 1. The number of Topliss-reactive ketones (excluding diaryl/α,β-unsaturated/α-hetero) is 1. The van der Waals surface area contributed by atoms with Gasteiger partial charge in [-0.1, -0.05) is 18.7 Å². The zero-order chi connectivity index (χ0) is 15.2. The summed E-state index contributed by atoms with van der Waals surface area (Å²) in [6, 6.07) is 6.24. The molecule has 0 atom stereocenters. The third-order valence-corrected chi connectivity index (χ3v) is 3.79. The Labute approximate surface area is 126 Å². The molecule has 0 aliphatic carbocycles. The van der Waals surface area contributed by atoms with Crippen molar-refractivity contribution in [1.29, 1.82) is 0 Å². The molecule has 0 saturated heterocycles. The van der Waals surface area contributed by atoms with Crippen LogP contribution < -0.4 is 0 Å². The summed E-state index contributed by atoms with van der Waals surface area (Å²) in [5.41, 5.74) is 1.65. The number of nitrogens with zero attached hydrogens (tertiary/aromatic N) is 2. The number of hydrogen-bond acceptors (Lipinski definition) is 5. The van der Waals surface area contributed by atoms with E-state index in [9.17, 15) is 14.9 Å². The van der Waals surface area contributed by atoms with Gasteiger partial charge in [0.25, 0.3) is 5.69 Å². The van der Waals surface area contributed by atoms with Gasteiger partial charge in [-0.15, -0.1) is 0 Å². The SMILES string of the molecule is CCCC(=O)CSc1ncc(-c2ccc([N+](=O)[O-])cc2)[nH]1. The normalized spacial score (nSPS) is 10.5. The molecule has 21 heavy (non-hydrogen) atoms. The average Bonchev–Trinajstić information content (AvgIpc) is 2.94. The number of nitro groups is 1. The lowest BCUT2D eigenvalue weighted by molar-refractivity contribution is -0.384. The van der Waals surface area contributed by atoms with Gasteiger partial charge in [0.15, 0.2) is 5.16 Å². The first-order valence-electron chi connectivity index (χ1n) is 6.54. The van der Waals surface area contributed by atoms with Gasteiger partial charge in [-0.05, 0) is 18.6 Å². The Hall–Kier alpha value is -2.15. The van der Waals surface area contributed by atoms with E-state index in [-0.39, 0.29) is 11.5 Å². The molecule has 6 nitrogen and oxygen atoms in total. The van der Waals surface area contributed by atoms with Crippen LogP contribution in [0, 0.1) is 10.1 Å². The fraction of sp³-hybridized carbons (Fsp3) is 0.286. The average molecular weight is 305 g/mol. The van der Waals surface area contributed by atoms with Gasteiger partial charge >= 0.3 is 0 Å². The molecule has 1 heterocycles. The second-order valence-electron chi connectivity index (χ2n) is 4.48. The topological polar surface area (TPSA) is 88.9 Å². The number of benzene rings is 1. The molecule has 1 N–H and O–H groups in total. The number of hydrogen-bond donors (Lipinski definition) is 1. The molecule has 1 aromatic carbocycles. The van der Waals surface area contributed by atoms with Crippen molar-refractivity contribution < 1.29 is 9.72 Å². The largest absolute Gasteiger partial charge is 0.333 e. The molecular formula is C14H15N3O3S. The summed E-state index contributed by atoms with van der Waals surface area (Å²) in [6.45, 7) is 1.97. The fourth-order valence-electron chi connectivity index (χ4n) is 1.79. The van der Waals surface area contributed by atoms with Crippen LogP contribution in [0.3, 0.4) is 0 Å². The number of nitrogens with one attached hydrogen (secondary N) is 1. The van der Waals surface area contributed by atoms with Crippen molar-refractivity contribution in [2.24, 2.45) is 0 Å². The summed E-state index contributed by atoms with van der Waals surface area (Å²) in [5, 5.41) is 11.3. The van der Waals surface area contributed by atoms with Crippen LogP contribution in [0.1, 0.15) is 19.8 Å². The highest BCUT2D eigenvalue weighted by Crippen LogP contribution is 2.23. The van der Waals surface area contributed by atoms with Gasteiger partial charge in [-0.3, -0.25) is 14.9 Å². The molecular weight excluding hydrogens is 290 g/mol. The van der Waals surface area contributed by atoms with Gasteiger partial charge in [0.1, 0.15) is 5.78 Å². The first-order chi connectivity index (χ1) is 10.1. The molecule has 0 aliphatic heterocycles. The zero-order valence-electron chi connectivity index (χ0n) is 11.5. The van der Waals surface area contributed by atoms with E-state index in [1.165, 1.54) is 23.9 Å². The number of H-pyrrole nitrogens is 1. The van der Waals surface area contributed by atoms with Crippen LogP contribution in [0.2, 0.25) is 0 Å². The van der Waals surface area contributed by atoms with Gasteiger partial charge in [0, 0.05) is 24.1 Å². The molecule has 0 unspecified atom stereocenters. The van der Waals surface area contributed by atoms with Crippen molar-refractivity contribution in [3.63, 3.8) is 0 Å². The Morgan fingerprint density at radius 1 is 1.38 bits per heavy atom. The maximum atomic E-state index is 11.5. The highest BCUT2D eigenvalue weighted by atomic mass is 32.2. The molecule has 0 aliphatic rings. The van der Waals surface area contributed by atoms with Gasteiger partial charge < -0.3 is 4.98 Å². The number of carbonyl (C=O) groups is 1. The second kappa shape index (κ2) is 7.03. The minimum absolute atomic E-state index is 0.0537. The van der Waals surface area contributed by atoms with E-state index in [1.807, 2.05) is 6.92 Å². The van der Waals surface area contributed by atoms with E-state index in [2.05, 4.69) is 9.97 Å². The predicted octanol–water partition coefficient (Wildman–Crippen LogP) is 3.45. The van der Waals surface area contributed by atoms with Crippen molar-refractivity contribution in [2.45, 2.75) is 24.9 Å². The van der Waals surface area contributed by atoms with E-state index < -0.39 is 4.92 Å². The number of thioether (sulfide) groups is 1. The quantitative estimate of drug-likeness (QED) is 0.481. The molecule has 0 fully saturated rings. The van der Waals surface area contributed by atoms with Crippen molar-refractivity contribution >= 4 is 23.2 Å². The maximum absolute atomic E-state index is 11.5. The van der Waals surface area contributed by atoms with Gasteiger partial charge in [0.05, 0.1) is 22.6 Å². The van der Waals surface area contributed by atoms with Crippen LogP contribution in [-0.2, 0) is 4.79 Å².